The minimum atomic E-state index is -0.726. The second-order valence-electron chi connectivity index (χ2n) is 0.867. The summed E-state index contributed by atoms with van der Waals surface area (Å²) in [6, 6.07) is 0. The van der Waals surface area contributed by atoms with Crippen molar-refractivity contribution in [3.8, 4) is 0 Å². The van der Waals surface area contributed by atoms with E-state index in [4.69, 9.17) is 5.11 Å². The van der Waals surface area contributed by atoms with E-state index in [0.717, 1.165) is 0 Å². The van der Waals surface area contributed by atoms with Crippen LogP contribution in [0.2, 0.25) is 5.32 Å². The van der Waals surface area contributed by atoms with E-state index >= 15 is 0 Å². The number of hydrogen-bond acceptors (Lipinski definition) is 1. The van der Waals surface area contributed by atoms with Crippen molar-refractivity contribution in [2.75, 3.05) is 0 Å². The first-order valence-corrected chi connectivity index (χ1v) is 2.92. The van der Waals surface area contributed by atoms with Crippen molar-refractivity contribution in [2.45, 2.75) is 11.7 Å². The van der Waals surface area contributed by atoms with Crippen LogP contribution in [0, 0.1) is 0 Å². The number of carbonyl (C=O) groups is 1. The molecule has 2 nitrogen and oxygen atoms in total. The summed E-state index contributed by atoms with van der Waals surface area (Å²) in [5.74, 6) is -0.726. The summed E-state index contributed by atoms with van der Waals surface area (Å²) in [7, 11) is 0. The summed E-state index contributed by atoms with van der Waals surface area (Å²) < 4.78 is 0. The predicted octanol–water partition coefficient (Wildman–Crippen LogP) is -0.220. The Morgan fingerprint density at radius 1 is 1.83 bits per heavy atom. The fourth-order valence-electron chi connectivity index (χ4n) is 0.0956. The molecule has 0 aromatic carbocycles. The quantitative estimate of drug-likeness (QED) is 0.557. The molecular formula is C3H6O2Se. The third-order valence-corrected chi connectivity index (χ3v) is 0.795. The van der Waals surface area contributed by atoms with E-state index in [1.165, 1.54) is 0 Å². The average Bonchev–Trinajstić information content (AvgIpc) is 1.35. The van der Waals surface area contributed by atoms with E-state index in [1.807, 2.05) is 0 Å². The van der Waals surface area contributed by atoms with E-state index in [1.54, 1.807) is 0 Å². The molecule has 0 aromatic rings. The van der Waals surface area contributed by atoms with Gasteiger partial charge in [0.05, 0.1) is 0 Å². The van der Waals surface area contributed by atoms with Gasteiger partial charge in [0.25, 0.3) is 0 Å². The molecule has 0 heterocycles. The first-order chi connectivity index (χ1) is 2.77. The summed E-state index contributed by atoms with van der Waals surface area (Å²) in [5, 5.41) is 8.57. The second-order valence-corrected chi connectivity index (χ2v) is 1.81. The number of carboxylic acid groups (broad SMARTS) is 1. The molecule has 0 unspecified atom stereocenters. The molecule has 1 N–H and O–H groups in total. The van der Waals surface area contributed by atoms with Crippen molar-refractivity contribution in [3.63, 3.8) is 0 Å². The van der Waals surface area contributed by atoms with Gasteiger partial charge in [-0.1, -0.05) is 0 Å². The average molecular weight is 153 g/mol. The van der Waals surface area contributed by atoms with Gasteiger partial charge in [-0.05, 0) is 0 Å². The van der Waals surface area contributed by atoms with Crippen molar-refractivity contribution in [2.24, 2.45) is 0 Å². The zero-order chi connectivity index (χ0) is 4.99. The molecule has 0 spiro atoms. The Hall–Kier alpha value is -0.0105. The van der Waals surface area contributed by atoms with Crippen LogP contribution >= 0.6 is 0 Å². The number of carboxylic acids is 1. The van der Waals surface area contributed by atoms with Gasteiger partial charge in [-0.3, -0.25) is 0 Å². The van der Waals surface area contributed by atoms with Crippen molar-refractivity contribution in [1.82, 2.24) is 0 Å². The fourth-order valence-corrected chi connectivity index (χ4v) is 0.497. The monoisotopic (exact) mass is 154 g/mol. The summed E-state index contributed by atoms with van der Waals surface area (Å²) in [6.45, 7) is 0. The molecule has 3 heteroatoms. The number of rotatable bonds is 2. The van der Waals surface area contributed by atoms with Crippen molar-refractivity contribution in [3.05, 3.63) is 0 Å². The van der Waals surface area contributed by atoms with Gasteiger partial charge in [0.2, 0.25) is 0 Å². The van der Waals surface area contributed by atoms with Gasteiger partial charge >= 0.3 is 43.6 Å². The molecule has 0 aliphatic heterocycles. The third-order valence-electron chi connectivity index (χ3n) is 0.326. The zero-order valence-electron chi connectivity index (χ0n) is 3.22. The SMILES string of the molecule is O=C(O)CC[SeH]. The Balaban J connectivity index is 2.83. The maximum atomic E-state index is 9.59. The van der Waals surface area contributed by atoms with Crippen LogP contribution in [0.5, 0.6) is 0 Å². The molecule has 0 bridgehead atoms. The second kappa shape index (κ2) is 3.19. The Morgan fingerprint density at radius 2 is 2.33 bits per heavy atom. The summed E-state index contributed by atoms with van der Waals surface area (Å²) >= 11 is 2.22. The van der Waals surface area contributed by atoms with Crippen molar-refractivity contribution >= 4 is 22.0 Å². The van der Waals surface area contributed by atoms with Crippen LogP contribution in [0.1, 0.15) is 6.42 Å². The van der Waals surface area contributed by atoms with Gasteiger partial charge in [-0.2, -0.15) is 0 Å². The Labute approximate surface area is 44.4 Å². The van der Waals surface area contributed by atoms with E-state index in [2.05, 4.69) is 16.0 Å². The molecule has 0 atom stereocenters. The van der Waals surface area contributed by atoms with Crippen LogP contribution in [0.4, 0.5) is 0 Å². The molecule has 0 aromatic heterocycles. The maximum absolute atomic E-state index is 9.59. The van der Waals surface area contributed by atoms with E-state index in [0.29, 0.717) is 5.32 Å². The first kappa shape index (κ1) is 5.99. The predicted molar refractivity (Wildman–Crippen MR) is 24.2 cm³/mol. The topological polar surface area (TPSA) is 37.3 Å². The van der Waals surface area contributed by atoms with E-state index in [9.17, 15) is 4.79 Å². The molecule has 0 aliphatic carbocycles. The Bertz CT molecular complexity index is 52.8. The standard InChI is InChI=1S/C3H6O2Se/c4-3(5)1-2-6/h6H,1-2H2,(H,4,5). The van der Waals surface area contributed by atoms with Gasteiger partial charge in [0.15, 0.2) is 0 Å². The first-order valence-electron chi connectivity index (χ1n) is 1.60. The van der Waals surface area contributed by atoms with Gasteiger partial charge in [-0.15, -0.1) is 0 Å². The zero-order valence-corrected chi connectivity index (χ0v) is 5.09. The molecule has 0 saturated heterocycles. The van der Waals surface area contributed by atoms with Crippen LogP contribution in [0.15, 0.2) is 0 Å². The van der Waals surface area contributed by atoms with Gasteiger partial charge < -0.3 is 0 Å². The van der Waals surface area contributed by atoms with Crippen LogP contribution in [-0.2, 0) is 4.79 Å². The van der Waals surface area contributed by atoms with Gasteiger partial charge in [0.1, 0.15) is 0 Å². The molecule has 6 heavy (non-hydrogen) atoms. The normalized spacial score (nSPS) is 8.17. The van der Waals surface area contributed by atoms with Gasteiger partial charge in [-0.25, -0.2) is 0 Å². The van der Waals surface area contributed by atoms with Crippen molar-refractivity contribution in [1.29, 1.82) is 0 Å². The summed E-state index contributed by atoms with van der Waals surface area (Å²) in [6.07, 6.45) is 0.264. The molecule has 0 radical (unpaired) electrons. The fraction of sp³-hybridized carbons (Fsp3) is 0.667. The molecule has 0 saturated carbocycles. The van der Waals surface area contributed by atoms with Gasteiger partial charge in [0, 0.05) is 0 Å². The number of aliphatic carboxylic acids is 1. The van der Waals surface area contributed by atoms with E-state index < -0.39 is 5.97 Å². The molecule has 0 fully saturated rings. The van der Waals surface area contributed by atoms with Crippen molar-refractivity contribution < 1.29 is 9.90 Å². The molecule has 0 amide bonds. The third kappa shape index (κ3) is 3.99. The Kier molecular flexibility index (Phi) is 3.18. The van der Waals surface area contributed by atoms with Crippen LogP contribution in [-0.4, -0.2) is 27.1 Å². The number of hydrogen-bond donors (Lipinski definition) is 1. The molecule has 0 rings (SSSR count). The summed E-state index contributed by atoms with van der Waals surface area (Å²) in [4.78, 5) is 9.59. The van der Waals surface area contributed by atoms with E-state index in [-0.39, 0.29) is 6.42 Å². The van der Waals surface area contributed by atoms with Crippen LogP contribution in [0.25, 0.3) is 0 Å². The molecule has 36 valence electrons. The minimum absolute atomic E-state index is 0.264. The van der Waals surface area contributed by atoms with Crippen LogP contribution in [0.3, 0.4) is 0 Å². The Morgan fingerprint density at radius 3 is 2.33 bits per heavy atom. The molecular weight excluding hydrogens is 147 g/mol. The molecule has 0 aliphatic rings. The summed E-state index contributed by atoms with van der Waals surface area (Å²) in [5.41, 5.74) is 0. The van der Waals surface area contributed by atoms with Crippen LogP contribution < -0.4 is 0 Å².